The van der Waals surface area contributed by atoms with Crippen LogP contribution < -0.4 is 0 Å². The zero-order valence-electron chi connectivity index (χ0n) is 10.1. The van der Waals surface area contributed by atoms with Crippen molar-refractivity contribution in [1.29, 1.82) is 0 Å². The van der Waals surface area contributed by atoms with E-state index in [4.69, 9.17) is 0 Å². The van der Waals surface area contributed by atoms with Gasteiger partial charge in [0.05, 0.1) is 0 Å². The van der Waals surface area contributed by atoms with Gasteiger partial charge in [-0.05, 0) is 0 Å². The van der Waals surface area contributed by atoms with E-state index in [0.29, 0.717) is 5.41 Å². The van der Waals surface area contributed by atoms with E-state index in [1.807, 2.05) is 6.08 Å². The molecule has 0 fully saturated rings. The van der Waals surface area contributed by atoms with Crippen LogP contribution in [-0.2, 0) is 0 Å². The maximum atomic E-state index is 3.79. The molecule has 0 aliphatic carbocycles. The first kappa shape index (κ1) is 13.3. The van der Waals surface area contributed by atoms with Gasteiger partial charge in [0.2, 0.25) is 0 Å². The van der Waals surface area contributed by atoms with E-state index in [1.165, 1.54) is 4.44 Å². The topological polar surface area (TPSA) is 0 Å². The van der Waals surface area contributed by atoms with E-state index in [1.54, 1.807) is 5.57 Å². The van der Waals surface area contributed by atoms with Crippen LogP contribution in [0, 0.1) is 5.41 Å². The molecule has 0 rings (SSSR count). The molecule has 0 spiro atoms. The third-order valence-electron chi connectivity index (χ3n) is 2.00. The van der Waals surface area contributed by atoms with Crippen molar-refractivity contribution in [3.63, 3.8) is 0 Å². The second kappa shape index (κ2) is 4.67. The minimum atomic E-state index is -1.67. The van der Waals surface area contributed by atoms with Crippen LogP contribution in [-0.4, -0.2) is 18.4 Å². The Labute approximate surface area is 88.0 Å². The summed E-state index contributed by atoms with van der Waals surface area (Å²) in [5, 5.41) is 0. The number of hydrogen-bond donors (Lipinski definition) is 0. The first-order valence-corrected chi connectivity index (χ1v) is 15.6. The van der Waals surface area contributed by atoms with Gasteiger partial charge in [0.1, 0.15) is 0 Å². The summed E-state index contributed by atoms with van der Waals surface area (Å²) in [6.07, 6.45) is 4.14. The molecular weight excluding hydrogens is 263 g/mol. The number of hydrogen-bond acceptors (Lipinski definition) is 0. The summed E-state index contributed by atoms with van der Waals surface area (Å²) >= 11 is -1.67. The molecule has 0 radical (unpaired) electrons. The molecule has 0 amide bonds. The van der Waals surface area contributed by atoms with E-state index in [2.05, 4.69) is 48.2 Å². The molecule has 0 nitrogen and oxygen atoms in total. The summed E-state index contributed by atoms with van der Waals surface area (Å²) < 4.78 is 1.35. The molecule has 0 bridgehead atoms. The van der Waals surface area contributed by atoms with Crippen LogP contribution >= 0.6 is 0 Å². The van der Waals surface area contributed by atoms with Gasteiger partial charge in [-0.3, -0.25) is 0 Å². The molecule has 0 aromatic rings. The molecule has 0 aliphatic heterocycles. The number of rotatable bonds is 3. The van der Waals surface area contributed by atoms with Crippen molar-refractivity contribution in [1.82, 2.24) is 0 Å². The molecule has 13 heavy (non-hydrogen) atoms. The quantitative estimate of drug-likeness (QED) is 0.530. The van der Waals surface area contributed by atoms with Crippen LogP contribution in [0.5, 0.6) is 0 Å². The second-order valence-electron chi connectivity index (χ2n) is 5.92. The van der Waals surface area contributed by atoms with Gasteiger partial charge >= 0.3 is 88.1 Å². The zero-order valence-corrected chi connectivity index (χ0v) is 12.9. The molecule has 1 heteroatoms. The Hall–Kier alpha value is 0.279. The minimum absolute atomic E-state index is 0.318. The Morgan fingerprint density at radius 3 is 1.92 bits per heavy atom. The molecule has 0 saturated carbocycles. The van der Waals surface area contributed by atoms with E-state index in [-0.39, 0.29) is 0 Å². The SMILES string of the molecule is C=C/C=C(/[CH2][Sn]([CH3])([CH3])[CH3])C(C)(C)C. The molecular formula is C12H24Sn. The van der Waals surface area contributed by atoms with Crippen molar-refractivity contribution in [2.75, 3.05) is 0 Å². The van der Waals surface area contributed by atoms with Gasteiger partial charge in [-0.25, -0.2) is 0 Å². The average molecular weight is 287 g/mol. The Kier molecular flexibility index (Phi) is 4.78. The summed E-state index contributed by atoms with van der Waals surface area (Å²) in [5.41, 5.74) is 1.89. The fraction of sp³-hybridized carbons (Fsp3) is 0.667. The fourth-order valence-corrected chi connectivity index (χ4v) is 6.40. The van der Waals surface area contributed by atoms with Gasteiger partial charge in [-0.1, -0.05) is 0 Å². The Morgan fingerprint density at radius 1 is 1.23 bits per heavy atom. The molecule has 0 N–H and O–H groups in total. The van der Waals surface area contributed by atoms with E-state index < -0.39 is 18.4 Å². The first-order chi connectivity index (χ1) is 5.67. The summed E-state index contributed by atoms with van der Waals surface area (Å²) in [7, 11) is 0. The maximum absolute atomic E-state index is 3.79. The molecule has 0 saturated heterocycles. The van der Waals surface area contributed by atoms with E-state index in [0.717, 1.165) is 0 Å². The third kappa shape index (κ3) is 6.36. The summed E-state index contributed by atoms with van der Waals surface area (Å²) in [6.45, 7) is 10.7. The molecule has 0 aromatic heterocycles. The predicted octanol–water partition coefficient (Wildman–Crippen LogP) is 4.48. The van der Waals surface area contributed by atoms with E-state index in [9.17, 15) is 0 Å². The van der Waals surface area contributed by atoms with Gasteiger partial charge < -0.3 is 0 Å². The molecule has 0 aliphatic rings. The average Bonchev–Trinajstić information content (AvgIpc) is 1.81. The van der Waals surface area contributed by atoms with Crippen LogP contribution in [0.4, 0.5) is 0 Å². The Morgan fingerprint density at radius 2 is 1.69 bits per heavy atom. The van der Waals surface area contributed by atoms with Crippen molar-refractivity contribution >= 4 is 18.4 Å². The second-order valence-corrected chi connectivity index (χ2v) is 21.5. The first-order valence-electron chi connectivity index (χ1n) is 4.99. The van der Waals surface area contributed by atoms with Crippen LogP contribution in [0.15, 0.2) is 24.3 Å². The number of allylic oxidation sites excluding steroid dienone is 3. The zero-order chi connectivity index (χ0) is 10.7. The van der Waals surface area contributed by atoms with E-state index >= 15 is 0 Å². The van der Waals surface area contributed by atoms with Crippen molar-refractivity contribution < 1.29 is 0 Å². The standard InChI is InChI=1S/C9H15.3CH3.Sn/c1-6-7-8(2)9(3,4)5;;;;/h6-7H,1-2H2,3-5H3;3*1H3;/b8-7-;;;;. The van der Waals surface area contributed by atoms with Gasteiger partial charge in [0.25, 0.3) is 0 Å². The van der Waals surface area contributed by atoms with Crippen molar-refractivity contribution in [2.45, 2.75) is 40.0 Å². The molecule has 0 heterocycles. The van der Waals surface area contributed by atoms with Crippen LogP contribution in [0.2, 0.25) is 19.3 Å². The molecule has 76 valence electrons. The third-order valence-corrected chi connectivity index (χ3v) is 6.12. The Balaban J connectivity index is 4.67. The predicted molar refractivity (Wildman–Crippen MR) is 65.9 cm³/mol. The van der Waals surface area contributed by atoms with Gasteiger partial charge in [0.15, 0.2) is 0 Å². The summed E-state index contributed by atoms with van der Waals surface area (Å²) in [5.74, 6) is 0. The van der Waals surface area contributed by atoms with Crippen LogP contribution in [0.25, 0.3) is 0 Å². The van der Waals surface area contributed by atoms with Crippen LogP contribution in [0.3, 0.4) is 0 Å². The van der Waals surface area contributed by atoms with Crippen molar-refractivity contribution in [3.8, 4) is 0 Å². The molecule has 0 atom stereocenters. The van der Waals surface area contributed by atoms with Gasteiger partial charge in [-0.2, -0.15) is 0 Å². The normalized spacial score (nSPS) is 14.5. The summed E-state index contributed by atoms with van der Waals surface area (Å²) in [6, 6.07) is 0. The van der Waals surface area contributed by atoms with Gasteiger partial charge in [-0.15, -0.1) is 0 Å². The van der Waals surface area contributed by atoms with Gasteiger partial charge in [0, 0.05) is 0 Å². The Bertz CT molecular complexity index is 198. The summed E-state index contributed by atoms with van der Waals surface area (Å²) in [4.78, 5) is 7.45. The molecule has 0 unspecified atom stereocenters. The van der Waals surface area contributed by atoms with Crippen molar-refractivity contribution in [2.24, 2.45) is 5.41 Å². The van der Waals surface area contributed by atoms with Crippen molar-refractivity contribution in [3.05, 3.63) is 24.3 Å². The van der Waals surface area contributed by atoms with Crippen LogP contribution in [0.1, 0.15) is 20.8 Å². The monoisotopic (exact) mass is 288 g/mol. The molecule has 0 aromatic carbocycles. The fourth-order valence-electron chi connectivity index (χ4n) is 1.29.